The quantitative estimate of drug-likeness (QED) is 0.782. The molecule has 0 fully saturated rings. The molecule has 100 valence electrons. The normalized spacial score (nSPS) is 10.7. The molecule has 0 aliphatic heterocycles. The number of aromatic nitrogens is 1. The van der Waals surface area contributed by atoms with E-state index in [0.717, 1.165) is 11.3 Å². The monoisotopic (exact) mass is 265 g/mol. The lowest BCUT2D eigenvalue weighted by molar-refractivity contribution is 0.309. The number of aromatic hydroxyl groups is 1. The van der Waals surface area contributed by atoms with Crippen molar-refractivity contribution >= 4 is 10.9 Å². The van der Waals surface area contributed by atoms with Crippen LogP contribution in [0.4, 0.5) is 0 Å². The second-order valence-corrected chi connectivity index (χ2v) is 4.71. The summed E-state index contributed by atoms with van der Waals surface area (Å²) in [5.74, 6) is 0.919. The standard InChI is InChI=1S/C17H15NO2/c1-12-10-15(19)14-8-5-9-16(17(14)18-12)20-11-13-6-3-2-4-7-13/h2-10H,11H2,1H3,(H,18,19). The average Bonchev–Trinajstić information content (AvgIpc) is 2.46. The van der Waals surface area contributed by atoms with Gasteiger partial charge in [-0.3, -0.25) is 0 Å². The van der Waals surface area contributed by atoms with Gasteiger partial charge in [-0.05, 0) is 24.6 Å². The van der Waals surface area contributed by atoms with Crippen LogP contribution in [0.2, 0.25) is 0 Å². The summed E-state index contributed by atoms with van der Waals surface area (Å²) in [5, 5.41) is 10.7. The summed E-state index contributed by atoms with van der Waals surface area (Å²) < 4.78 is 5.84. The predicted octanol–water partition coefficient (Wildman–Crippen LogP) is 3.83. The zero-order chi connectivity index (χ0) is 13.9. The molecule has 0 spiro atoms. The number of rotatable bonds is 3. The van der Waals surface area contributed by atoms with Crippen LogP contribution in [-0.2, 0) is 6.61 Å². The highest BCUT2D eigenvalue weighted by molar-refractivity contribution is 5.89. The van der Waals surface area contributed by atoms with Crippen LogP contribution in [0.5, 0.6) is 11.5 Å². The predicted molar refractivity (Wildman–Crippen MR) is 78.9 cm³/mol. The molecule has 3 heteroatoms. The Morgan fingerprint density at radius 2 is 1.85 bits per heavy atom. The molecule has 1 aromatic heterocycles. The zero-order valence-corrected chi connectivity index (χ0v) is 11.2. The van der Waals surface area contributed by atoms with Crippen molar-refractivity contribution in [3.05, 3.63) is 65.9 Å². The van der Waals surface area contributed by atoms with Crippen LogP contribution in [0.15, 0.2) is 54.6 Å². The maximum absolute atomic E-state index is 9.97. The van der Waals surface area contributed by atoms with Gasteiger partial charge in [0.25, 0.3) is 0 Å². The van der Waals surface area contributed by atoms with E-state index in [2.05, 4.69) is 4.98 Å². The molecule has 2 aromatic carbocycles. The Bertz CT molecular complexity index is 739. The molecule has 0 saturated carbocycles. The fourth-order valence-electron chi connectivity index (χ4n) is 2.18. The number of ether oxygens (including phenoxy) is 1. The first-order valence-corrected chi connectivity index (χ1v) is 6.50. The number of aryl methyl sites for hydroxylation is 1. The lowest BCUT2D eigenvalue weighted by Gasteiger charge is -2.10. The number of hydrogen-bond donors (Lipinski definition) is 1. The molecule has 1 heterocycles. The molecular formula is C17H15NO2. The summed E-state index contributed by atoms with van der Waals surface area (Å²) >= 11 is 0. The van der Waals surface area contributed by atoms with Crippen molar-refractivity contribution in [1.29, 1.82) is 0 Å². The van der Waals surface area contributed by atoms with E-state index in [1.807, 2.05) is 55.5 Å². The van der Waals surface area contributed by atoms with Gasteiger partial charge in [0.05, 0.1) is 0 Å². The van der Waals surface area contributed by atoms with Crippen molar-refractivity contribution in [2.24, 2.45) is 0 Å². The molecule has 0 aliphatic carbocycles. The van der Waals surface area contributed by atoms with E-state index >= 15 is 0 Å². The molecule has 20 heavy (non-hydrogen) atoms. The Balaban J connectivity index is 1.95. The first-order chi connectivity index (χ1) is 9.74. The lowest BCUT2D eigenvalue weighted by atomic mass is 10.1. The maximum atomic E-state index is 9.97. The lowest BCUT2D eigenvalue weighted by Crippen LogP contribution is -1.97. The molecule has 3 nitrogen and oxygen atoms in total. The molecule has 0 unspecified atom stereocenters. The molecule has 0 atom stereocenters. The molecule has 3 rings (SSSR count). The molecule has 1 N–H and O–H groups in total. The largest absolute Gasteiger partial charge is 0.507 e. The van der Waals surface area contributed by atoms with Crippen molar-refractivity contribution in [2.45, 2.75) is 13.5 Å². The summed E-state index contributed by atoms with van der Waals surface area (Å²) in [5.41, 5.74) is 2.56. The van der Waals surface area contributed by atoms with Crippen LogP contribution in [0.25, 0.3) is 10.9 Å². The third kappa shape index (κ3) is 2.43. The highest BCUT2D eigenvalue weighted by atomic mass is 16.5. The van der Waals surface area contributed by atoms with Gasteiger partial charge in [0.1, 0.15) is 23.6 Å². The Labute approximate surface area is 117 Å². The van der Waals surface area contributed by atoms with Gasteiger partial charge in [-0.1, -0.05) is 36.4 Å². The Kier molecular flexibility index (Phi) is 3.25. The van der Waals surface area contributed by atoms with Gasteiger partial charge < -0.3 is 9.84 Å². The van der Waals surface area contributed by atoms with Crippen molar-refractivity contribution < 1.29 is 9.84 Å². The molecule has 0 bridgehead atoms. The zero-order valence-electron chi connectivity index (χ0n) is 11.2. The topological polar surface area (TPSA) is 42.4 Å². The first kappa shape index (κ1) is 12.5. The van der Waals surface area contributed by atoms with Crippen molar-refractivity contribution in [2.75, 3.05) is 0 Å². The first-order valence-electron chi connectivity index (χ1n) is 6.50. The fraction of sp³-hybridized carbons (Fsp3) is 0.118. The smallest absolute Gasteiger partial charge is 0.146 e. The van der Waals surface area contributed by atoms with Crippen molar-refractivity contribution in [1.82, 2.24) is 4.98 Å². The minimum atomic E-state index is 0.234. The molecule has 3 aromatic rings. The number of pyridine rings is 1. The van der Waals surface area contributed by atoms with Gasteiger partial charge in [0, 0.05) is 17.1 Å². The van der Waals surface area contributed by atoms with Crippen molar-refractivity contribution in [3.63, 3.8) is 0 Å². The van der Waals surface area contributed by atoms with E-state index in [1.165, 1.54) is 0 Å². The van der Waals surface area contributed by atoms with E-state index in [0.29, 0.717) is 23.3 Å². The number of hydrogen-bond acceptors (Lipinski definition) is 3. The molecular weight excluding hydrogens is 250 g/mol. The van der Waals surface area contributed by atoms with Crippen LogP contribution in [-0.4, -0.2) is 10.1 Å². The second-order valence-electron chi connectivity index (χ2n) is 4.71. The summed E-state index contributed by atoms with van der Waals surface area (Å²) in [6, 6.07) is 17.2. The van der Waals surface area contributed by atoms with E-state index in [9.17, 15) is 5.11 Å². The molecule has 0 amide bonds. The Hall–Kier alpha value is -2.55. The van der Waals surface area contributed by atoms with Crippen LogP contribution in [0.3, 0.4) is 0 Å². The van der Waals surface area contributed by atoms with Gasteiger partial charge in [-0.2, -0.15) is 0 Å². The second kappa shape index (κ2) is 5.21. The minimum Gasteiger partial charge on any atom is -0.507 e. The van der Waals surface area contributed by atoms with Gasteiger partial charge in [0.15, 0.2) is 0 Å². The van der Waals surface area contributed by atoms with Crippen LogP contribution >= 0.6 is 0 Å². The minimum absolute atomic E-state index is 0.234. The van der Waals surface area contributed by atoms with Crippen LogP contribution in [0, 0.1) is 6.92 Å². The van der Waals surface area contributed by atoms with Gasteiger partial charge in [-0.25, -0.2) is 4.98 Å². The van der Waals surface area contributed by atoms with Crippen LogP contribution in [0.1, 0.15) is 11.3 Å². The van der Waals surface area contributed by atoms with E-state index in [4.69, 9.17) is 4.74 Å². The van der Waals surface area contributed by atoms with E-state index in [-0.39, 0.29) is 5.75 Å². The summed E-state index contributed by atoms with van der Waals surface area (Å²) in [7, 11) is 0. The van der Waals surface area contributed by atoms with Gasteiger partial charge in [0.2, 0.25) is 0 Å². The number of benzene rings is 2. The molecule has 0 aliphatic rings. The van der Waals surface area contributed by atoms with Crippen LogP contribution < -0.4 is 4.74 Å². The van der Waals surface area contributed by atoms with Crippen molar-refractivity contribution in [3.8, 4) is 11.5 Å². The number of para-hydroxylation sites is 1. The fourth-order valence-corrected chi connectivity index (χ4v) is 2.18. The average molecular weight is 265 g/mol. The third-order valence-electron chi connectivity index (χ3n) is 3.15. The molecule has 0 radical (unpaired) electrons. The maximum Gasteiger partial charge on any atom is 0.146 e. The Morgan fingerprint density at radius 1 is 1.05 bits per heavy atom. The highest BCUT2D eigenvalue weighted by Crippen LogP contribution is 2.30. The SMILES string of the molecule is Cc1cc(O)c2cccc(OCc3ccccc3)c2n1. The number of nitrogens with zero attached hydrogens (tertiary/aromatic N) is 1. The highest BCUT2D eigenvalue weighted by Gasteiger charge is 2.08. The molecule has 0 saturated heterocycles. The summed E-state index contributed by atoms with van der Waals surface area (Å²) in [6.45, 7) is 2.34. The summed E-state index contributed by atoms with van der Waals surface area (Å²) in [6.07, 6.45) is 0. The van der Waals surface area contributed by atoms with Gasteiger partial charge >= 0.3 is 0 Å². The summed E-state index contributed by atoms with van der Waals surface area (Å²) in [4.78, 5) is 4.46. The van der Waals surface area contributed by atoms with E-state index in [1.54, 1.807) is 6.07 Å². The number of fused-ring (bicyclic) bond motifs is 1. The third-order valence-corrected chi connectivity index (χ3v) is 3.15. The van der Waals surface area contributed by atoms with Gasteiger partial charge in [-0.15, -0.1) is 0 Å². The van der Waals surface area contributed by atoms with E-state index < -0.39 is 0 Å². The Morgan fingerprint density at radius 3 is 2.65 bits per heavy atom.